The number of carbonyl (C=O) groups is 1. The molecule has 3 aromatic rings. The molecule has 2 atom stereocenters. The van der Waals surface area contributed by atoms with Crippen LogP contribution in [0.5, 0.6) is 0 Å². The number of piperidine rings is 1. The summed E-state index contributed by atoms with van der Waals surface area (Å²) in [6.45, 7) is 3.81. The Bertz CT molecular complexity index is 805. The maximum Gasteiger partial charge on any atom is 0.209 e. The number of rotatable bonds is 2. The van der Waals surface area contributed by atoms with E-state index in [1.54, 1.807) is 0 Å². The van der Waals surface area contributed by atoms with Crippen molar-refractivity contribution in [2.75, 3.05) is 13.1 Å². The summed E-state index contributed by atoms with van der Waals surface area (Å²) in [6, 6.07) is 2.02. The van der Waals surface area contributed by atoms with Crippen LogP contribution in [-0.2, 0) is 4.79 Å². The van der Waals surface area contributed by atoms with Crippen molar-refractivity contribution in [3.63, 3.8) is 0 Å². The highest BCUT2D eigenvalue weighted by molar-refractivity contribution is 5.75. The second-order valence-electron chi connectivity index (χ2n) is 5.82. The lowest BCUT2D eigenvalue weighted by Crippen LogP contribution is -2.38. The molecule has 21 heavy (non-hydrogen) atoms. The van der Waals surface area contributed by atoms with E-state index in [0.717, 1.165) is 48.4 Å². The van der Waals surface area contributed by atoms with Gasteiger partial charge in [-0.3, -0.25) is 9.20 Å². The van der Waals surface area contributed by atoms with E-state index < -0.39 is 0 Å². The molecule has 108 valence electrons. The van der Waals surface area contributed by atoms with Gasteiger partial charge >= 0.3 is 0 Å². The Kier molecular flexibility index (Phi) is 2.70. The summed E-state index contributed by atoms with van der Waals surface area (Å²) >= 11 is 0. The van der Waals surface area contributed by atoms with Gasteiger partial charge in [-0.15, -0.1) is 0 Å². The first kappa shape index (κ1) is 12.4. The molecule has 6 nitrogen and oxygen atoms in total. The number of aromatic nitrogens is 4. The number of hydrogen-bond donors (Lipinski definition) is 1. The number of aromatic amines is 1. The summed E-state index contributed by atoms with van der Waals surface area (Å²) in [6.07, 6.45) is 7.55. The number of imidazole rings is 1. The van der Waals surface area contributed by atoms with Crippen molar-refractivity contribution in [2.24, 2.45) is 5.92 Å². The van der Waals surface area contributed by atoms with Gasteiger partial charge in [0.1, 0.15) is 5.82 Å². The van der Waals surface area contributed by atoms with Crippen LogP contribution >= 0.6 is 0 Å². The Morgan fingerprint density at radius 1 is 1.38 bits per heavy atom. The van der Waals surface area contributed by atoms with Crippen LogP contribution in [0.2, 0.25) is 0 Å². The van der Waals surface area contributed by atoms with E-state index in [1.165, 1.54) is 0 Å². The van der Waals surface area contributed by atoms with Crippen molar-refractivity contribution in [1.82, 2.24) is 24.3 Å². The number of hydrogen-bond acceptors (Lipinski definition) is 3. The number of H-pyrrole nitrogens is 1. The SMILES string of the molecule is C[C@@H]1CCN(C=O)C[C@@H]1c1ncc2cnc3[nH]ccc3n12. The molecular formula is C15H17N5O. The average Bonchev–Trinajstić information content (AvgIpc) is 3.13. The second-order valence-corrected chi connectivity index (χ2v) is 5.82. The normalized spacial score (nSPS) is 23.0. The Labute approximate surface area is 121 Å². The van der Waals surface area contributed by atoms with Crippen molar-refractivity contribution in [3.05, 3.63) is 30.5 Å². The molecule has 0 aliphatic carbocycles. The highest BCUT2D eigenvalue weighted by atomic mass is 16.1. The van der Waals surface area contributed by atoms with Gasteiger partial charge in [0.25, 0.3) is 0 Å². The number of nitrogens with one attached hydrogen (secondary N) is 1. The third-order valence-electron chi connectivity index (χ3n) is 4.56. The first-order valence-electron chi connectivity index (χ1n) is 7.26. The van der Waals surface area contributed by atoms with E-state index in [4.69, 9.17) is 0 Å². The number of amides is 1. The molecule has 4 rings (SSSR count). The smallest absolute Gasteiger partial charge is 0.209 e. The summed E-state index contributed by atoms with van der Waals surface area (Å²) in [5.74, 6) is 1.79. The highest BCUT2D eigenvalue weighted by Crippen LogP contribution is 2.32. The van der Waals surface area contributed by atoms with Gasteiger partial charge in [-0.2, -0.15) is 0 Å². The zero-order valence-corrected chi connectivity index (χ0v) is 11.9. The number of likely N-dealkylation sites (tertiary alicyclic amines) is 1. The third kappa shape index (κ3) is 1.82. The van der Waals surface area contributed by atoms with Gasteiger partial charge in [-0.05, 0) is 18.4 Å². The molecule has 1 N–H and O–H groups in total. The van der Waals surface area contributed by atoms with E-state index in [0.29, 0.717) is 5.92 Å². The topological polar surface area (TPSA) is 66.3 Å². The fraction of sp³-hybridized carbons (Fsp3) is 0.400. The number of carbonyl (C=O) groups excluding carboxylic acids is 1. The lowest BCUT2D eigenvalue weighted by molar-refractivity contribution is -0.119. The molecule has 6 heteroatoms. The van der Waals surface area contributed by atoms with Crippen molar-refractivity contribution >= 4 is 23.1 Å². The third-order valence-corrected chi connectivity index (χ3v) is 4.56. The maximum atomic E-state index is 11.1. The maximum absolute atomic E-state index is 11.1. The lowest BCUT2D eigenvalue weighted by Gasteiger charge is -2.34. The van der Waals surface area contributed by atoms with Crippen molar-refractivity contribution < 1.29 is 4.79 Å². The largest absolute Gasteiger partial charge is 0.345 e. The van der Waals surface area contributed by atoms with Gasteiger partial charge in [-0.25, -0.2) is 9.97 Å². The first-order valence-corrected chi connectivity index (χ1v) is 7.26. The Morgan fingerprint density at radius 3 is 3.10 bits per heavy atom. The standard InChI is InChI=1S/C15H17N5O/c1-10-3-5-19(9-21)8-12(10)15-18-7-11-6-17-14-13(20(11)15)2-4-16-14/h2,4,6-7,9-10,12,16H,3,5,8H2,1H3/t10-,12+/m1/s1. The molecular weight excluding hydrogens is 266 g/mol. The van der Waals surface area contributed by atoms with E-state index in [-0.39, 0.29) is 5.92 Å². The lowest BCUT2D eigenvalue weighted by atomic mass is 9.86. The summed E-state index contributed by atoms with van der Waals surface area (Å²) in [5, 5.41) is 0. The van der Waals surface area contributed by atoms with Crippen LogP contribution in [0.4, 0.5) is 0 Å². The van der Waals surface area contributed by atoms with Crippen molar-refractivity contribution in [1.29, 1.82) is 0 Å². The van der Waals surface area contributed by atoms with Gasteiger partial charge in [0.15, 0.2) is 5.65 Å². The summed E-state index contributed by atoms with van der Waals surface area (Å²) in [5.41, 5.74) is 2.89. The molecule has 1 saturated heterocycles. The minimum atomic E-state index is 0.256. The molecule has 0 bridgehead atoms. The highest BCUT2D eigenvalue weighted by Gasteiger charge is 2.30. The van der Waals surface area contributed by atoms with Crippen LogP contribution in [0.3, 0.4) is 0 Å². The van der Waals surface area contributed by atoms with E-state index >= 15 is 0 Å². The molecule has 1 aliphatic rings. The number of fused-ring (bicyclic) bond motifs is 3. The molecule has 3 aromatic heterocycles. The van der Waals surface area contributed by atoms with Crippen LogP contribution in [-0.4, -0.2) is 43.8 Å². The van der Waals surface area contributed by atoms with Crippen LogP contribution in [0.1, 0.15) is 25.1 Å². The quantitative estimate of drug-likeness (QED) is 0.729. The molecule has 1 aliphatic heterocycles. The van der Waals surface area contributed by atoms with E-state index in [1.807, 2.05) is 29.6 Å². The minimum Gasteiger partial charge on any atom is -0.345 e. The Morgan fingerprint density at radius 2 is 2.24 bits per heavy atom. The monoisotopic (exact) mass is 283 g/mol. The summed E-state index contributed by atoms with van der Waals surface area (Å²) in [7, 11) is 0. The van der Waals surface area contributed by atoms with Gasteiger partial charge in [0, 0.05) is 25.2 Å². The predicted octanol–water partition coefficient (Wildman–Crippen LogP) is 1.79. The molecule has 0 aromatic carbocycles. The van der Waals surface area contributed by atoms with Gasteiger partial charge < -0.3 is 9.88 Å². The molecule has 1 fully saturated rings. The van der Waals surface area contributed by atoms with Crippen LogP contribution in [0.25, 0.3) is 16.7 Å². The predicted molar refractivity (Wildman–Crippen MR) is 79.0 cm³/mol. The fourth-order valence-corrected chi connectivity index (χ4v) is 3.29. The Balaban J connectivity index is 1.89. The zero-order valence-electron chi connectivity index (χ0n) is 11.9. The second kappa shape index (κ2) is 4.58. The molecule has 0 saturated carbocycles. The van der Waals surface area contributed by atoms with Gasteiger partial charge in [0.05, 0.1) is 23.4 Å². The first-order chi connectivity index (χ1) is 10.3. The summed E-state index contributed by atoms with van der Waals surface area (Å²) < 4.78 is 2.16. The van der Waals surface area contributed by atoms with E-state index in [9.17, 15) is 4.79 Å². The molecule has 0 unspecified atom stereocenters. The number of nitrogens with zero attached hydrogens (tertiary/aromatic N) is 4. The van der Waals surface area contributed by atoms with Crippen LogP contribution in [0.15, 0.2) is 24.7 Å². The van der Waals surface area contributed by atoms with Gasteiger partial charge in [-0.1, -0.05) is 6.92 Å². The fourth-order valence-electron chi connectivity index (χ4n) is 3.29. The van der Waals surface area contributed by atoms with Crippen LogP contribution < -0.4 is 0 Å². The van der Waals surface area contributed by atoms with Crippen molar-refractivity contribution in [3.8, 4) is 0 Å². The van der Waals surface area contributed by atoms with E-state index in [2.05, 4.69) is 26.3 Å². The van der Waals surface area contributed by atoms with Crippen LogP contribution in [0, 0.1) is 5.92 Å². The Hall–Kier alpha value is -2.37. The molecule has 0 spiro atoms. The molecule has 1 amide bonds. The van der Waals surface area contributed by atoms with Gasteiger partial charge in [0.2, 0.25) is 6.41 Å². The minimum absolute atomic E-state index is 0.256. The van der Waals surface area contributed by atoms with Crippen molar-refractivity contribution in [2.45, 2.75) is 19.3 Å². The summed E-state index contributed by atoms with van der Waals surface area (Å²) in [4.78, 5) is 25.1. The molecule has 4 heterocycles. The molecule has 0 radical (unpaired) electrons. The average molecular weight is 283 g/mol. The zero-order chi connectivity index (χ0) is 14.4.